The van der Waals surface area contributed by atoms with E-state index in [2.05, 4.69) is 25.8 Å². The maximum Gasteiger partial charge on any atom is 0.419 e. The molecule has 2 aromatic carbocycles. The number of fused-ring (bicyclic) bond motifs is 1. The number of hydrogen-bond acceptors (Lipinski definition) is 4. The van der Waals surface area contributed by atoms with E-state index in [9.17, 15) is 9.59 Å². The first-order valence-electron chi connectivity index (χ1n) is 10.3. The molecule has 0 aliphatic carbocycles. The second kappa shape index (κ2) is 8.80. The molecule has 1 N–H and O–H groups in total. The van der Waals surface area contributed by atoms with Crippen molar-refractivity contribution < 1.29 is 9.21 Å². The molecule has 0 aliphatic rings. The molecule has 166 valence electrons. The van der Waals surface area contributed by atoms with Gasteiger partial charge >= 0.3 is 5.76 Å². The fourth-order valence-electron chi connectivity index (χ4n) is 3.86. The number of aromatic nitrogens is 2. The van der Waals surface area contributed by atoms with Crippen molar-refractivity contribution in [2.24, 2.45) is 0 Å². The number of carbonyl (C=O) groups is 1. The van der Waals surface area contributed by atoms with Gasteiger partial charge in [-0.3, -0.25) is 9.36 Å². The number of amides is 1. The van der Waals surface area contributed by atoms with Crippen LogP contribution >= 0.6 is 15.9 Å². The first kappa shape index (κ1) is 22.1. The van der Waals surface area contributed by atoms with Gasteiger partial charge in [-0.15, -0.1) is 0 Å². The second-order valence-corrected chi connectivity index (χ2v) is 8.98. The lowest BCUT2D eigenvalue weighted by Crippen LogP contribution is -2.23. The lowest BCUT2D eigenvalue weighted by Gasteiger charge is -2.11. The van der Waals surface area contributed by atoms with Gasteiger partial charge in [0.1, 0.15) is 0 Å². The molecule has 0 saturated carbocycles. The summed E-state index contributed by atoms with van der Waals surface area (Å²) in [5.74, 6) is -0.604. The van der Waals surface area contributed by atoms with Crippen LogP contribution in [0.15, 0.2) is 62.2 Å². The fourth-order valence-corrected chi connectivity index (χ4v) is 4.24. The molecule has 0 radical (unpaired) electrons. The third-order valence-electron chi connectivity index (χ3n) is 5.44. The second-order valence-electron chi connectivity index (χ2n) is 8.06. The van der Waals surface area contributed by atoms with E-state index < -0.39 is 5.76 Å². The van der Waals surface area contributed by atoms with E-state index in [-0.39, 0.29) is 5.91 Å². The Kier molecular flexibility index (Phi) is 6.08. The van der Waals surface area contributed by atoms with Crippen LogP contribution in [0.5, 0.6) is 0 Å². The van der Waals surface area contributed by atoms with Crippen LogP contribution in [0, 0.1) is 13.8 Å². The number of anilines is 1. The number of likely N-dealkylation sites (N-methyl/N-ethyl adjacent to an activating group) is 1. The molecule has 0 bridgehead atoms. The van der Waals surface area contributed by atoms with Crippen molar-refractivity contribution in [3.8, 4) is 5.69 Å². The lowest BCUT2D eigenvalue weighted by atomic mass is 10.2. The van der Waals surface area contributed by atoms with Crippen molar-refractivity contribution in [3.63, 3.8) is 0 Å². The van der Waals surface area contributed by atoms with E-state index in [1.165, 1.54) is 0 Å². The molecule has 0 spiro atoms. The van der Waals surface area contributed by atoms with Crippen molar-refractivity contribution in [2.75, 3.05) is 26.0 Å². The molecule has 8 heteroatoms. The van der Waals surface area contributed by atoms with Crippen molar-refractivity contribution in [1.29, 1.82) is 0 Å². The van der Waals surface area contributed by atoms with Gasteiger partial charge < -0.3 is 19.2 Å². The van der Waals surface area contributed by atoms with Gasteiger partial charge in [0.05, 0.1) is 11.1 Å². The summed E-state index contributed by atoms with van der Waals surface area (Å²) in [5.41, 5.74) is 5.17. The van der Waals surface area contributed by atoms with Crippen molar-refractivity contribution in [3.05, 3.63) is 80.5 Å². The minimum absolute atomic E-state index is 0.204. The van der Waals surface area contributed by atoms with Gasteiger partial charge in [0.2, 0.25) is 0 Å². The molecule has 2 aromatic heterocycles. The highest BCUT2D eigenvalue weighted by atomic mass is 79.9. The van der Waals surface area contributed by atoms with Gasteiger partial charge in [-0.25, -0.2) is 4.79 Å². The summed E-state index contributed by atoms with van der Waals surface area (Å²) in [5, 5.41) is 2.97. The summed E-state index contributed by atoms with van der Waals surface area (Å²) in [4.78, 5) is 27.3. The van der Waals surface area contributed by atoms with Crippen LogP contribution in [-0.4, -0.2) is 40.6 Å². The molecule has 0 unspecified atom stereocenters. The van der Waals surface area contributed by atoms with Crippen LogP contribution in [0.1, 0.15) is 21.7 Å². The van der Waals surface area contributed by atoms with E-state index in [0.29, 0.717) is 35.4 Å². The zero-order valence-electron chi connectivity index (χ0n) is 18.5. The number of halogens is 1. The summed E-state index contributed by atoms with van der Waals surface area (Å²) in [6, 6.07) is 15.1. The van der Waals surface area contributed by atoms with E-state index in [0.717, 1.165) is 21.5 Å². The maximum absolute atomic E-state index is 13.1. The van der Waals surface area contributed by atoms with E-state index in [1.807, 2.05) is 63.2 Å². The number of carbonyl (C=O) groups excluding carboxylic acids is 1. The summed E-state index contributed by atoms with van der Waals surface area (Å²) < 4.78 is 9.96. The molecule has 0 fully saturated rings. The topological polar surface area (TPSA) is 72.4 Å². The van der Waals surface area contributed by atoms with Crippen LogP contribution in [0.2, 0.25) is 0 Å². The Morgan fingerprint density at radius 3 is 2.62 bits per heavy atom. The average molecular weight is 497 g/mol. The van der Waals surface area contributed by atoms with Crippen LogP contribution in [0.4, 0.5) is 5.69 Å². The monoisotopic (exact) mass is 496 g/mol. The predicted molar refractivity (Wildman–Crippen MR) is 130 cm³/mol. The predicted octanol–water partition coefficient (Wildman–Crippen LogP) is 4.58. The van der Waals surface area contributed by atoms with Gasteiger partial charge in [-0.1, -0.05) is 22.0 Å². The quantitative estimate of drug-likeness (QED) is 0.424. The maximum atomic E-state index is 13.1. The van der Waals surface area contributed by atoms with Gasteiger partial charge in [0.25, 0.3) is 5.91 Å². The van der Waals surface area contributed by atoms with Crippen LogP contribution in [-0.2, 0) is 6.54 Å². The molecule has 0 aliphatic heterocycles. The van der Waals surface area contributed by atoms with Crippen molar-refractivity contribution in [1.82, 2.24) is 14.0 Å². The third kappa shape index (κ3) is 4.28. The highest BCUT2D eigenvalue weighted by Crippen LogP contribution is 2.25. The van der Waals surface area contributed by atoms with Gasteiger partial charge in [-0.05, 0) is 70.4 Å². The minimum atomic E-state index is -0.400. The first-order chi connectivity index (χ1) is 15.2. The number of benzene rings is 2. The lowest BCUT2D eigenvalue weighted by molar-refractivity contribution is 0.102. The molecule has 1 amide bonds. The zero-order valence-corrected chi connectivity index (χ0v) is 20.1. The number of hydrogen-bond donors (Lipinski definition) is 1. The molecule has 7 nitrogen and oxygen atoms in total. The van der Waals surface area contributed by atoms with Crippen LogP contribution < -0.4 is 11.1 Å². The van der Waals surface area contributed by atoms with E-state index in [1.54, 1.807) is 22.8 Å². The highest BCUT2D eigenvalue weighted by Gasteiger charge is 2.18. The van der Waals surface area contributed by atoms with Crippen molar-refractivity contribution in [2.45, 2.75) is 20.4 Å². The molecule has 4 aromatic rings. The molecule has 4 rings (SSSR count). The molecular weight excluding hydrogens is 472 g/mol. The van der Waals surface area contributed by atoms with Crippen molar-refractivity contribution >= 4 is 38.6 Å². The van der Waals surface area contributed by atoms with Gasteiger partial charge in [0, 0.05) is 40.3 Å². The Bertz CT molecular complexity index is 1360. The molecule has 32 heavy (non-hydrogen) atoms. The summed E-state index contributed by atoms with van der Waals surface area (Å²) >= 11 is 3.51. The van der Waals surface area contributed by atoms with E-state index >= 15 is 0 Å². The molecule has 2 heterocycles. The Morgan fingerprint density at radius 1 is 1.12 bits per heavy atom. The summed E-state index contributed by atoms with van der Waals surface area (Å²) in [6.45, 7) is 5.11. The fraction of sp³-hybridized carbons (Fsp3) is 0.250. The number of rotatable bonds is 6. The standard InChI is InChI=1S/C24H25BrN4O3/c1-15-12-20(16(2)29(15)19-7-5-6-17(25)13-19)23(30)26-18-8-9-22-21(14-18)28(24(31)32-22)11-10-27(3)4/h5-9,12-14H,10-11H2,1-4H3,(H,26,30). The Hall–Kier alpha value is -3.10. The number of aryl methyl sites for hydroxylation is 1. The molecular formula is C24H25BrN4O3. The Balaban J connectivity index is 1.64. The largest absolute Gasteiger partial charge is 0.419 e. The molecule has 0 saturated heterocycles. The zero-order chi connectivity index (χ0) is 23.0. The molecule has 0 atom stereocenters. The van der Waals surface area contributed by atoms with Gasteiger partial charge in [-0.2, -0.15) is 0 Å². The average Bonchev–Trinajstić information content (AvgIpc) is 3.21. The summed E-state index contributed by atoms with van der Waals surface area (Å²) in [7, 11) is 3.90. The van der Waals surface area contributed by atoms with Crippen LogP contribution in [0.3, 0.4) is 0 Å². The van der Waals surface area contributed by atoms with Crippen LogP contribution in [0.25, 0.3) is 16.8 Å². The van der Waals surface area contributed by atoms with Gasteiger partial charge in [0.15, 0.2) is 5.58 Å². The SMILES string of the molecule is Cc1cc(C(=O)Nc2ccc3oc(=O)n(CCN(C)C)c3c2)c(C)n1-c1cccc(Br)c1. The first-order valence-corrected chi connectivity index (χ1v) is 11.1. The smallest absolute Gasteiger partial charge is 0.408 e. The number of nitrogens with zero attached hydrogens (tertiary/aromatic N) is 3. The normalized spacial score (nSPS) is 11.4. The summed E-state index contributed by atoms with van der Waals surface area (Å²) in [6.07, 6.45) is 0. The highest BCUT2D eigenvalue weighted by molar-refractivity contribution is 9.10. The van der Waals surface area contributed by atoms with E-state index in [4.69, 9.17) is 4.42 Å². The third-order valence-corrected chi connectivity index (χ3v) is 5.93. The number of nitrogens with one attached hydrogen (secondary N) is 1. The minimum Gasteiger partial charge on any atom is -0.408 e. The Morgan fingerprint density at radius 2 is 1.91 bits per heavy atom. The Labute approximate surface area is 194 Å². The number of oxazole rings is 1.